The van der Waals surface area contributed by atoms with Gasteiger partial charge in [-0.1, -0.05) is 13.8 Å². The van der Waals surface area contributed by atoms with Crippen LogP contribution in [0.15, 0.2) is 0 Å². The van der Waals surface area contributed by atoms with E-state index in [2.05, 4.69) is 13.8 Å². The molecule has 0 saturated carbocycles. The summed E-state index contributed by atoms with van der Waals surface area (Å²) in [6.45, 7) is 15.2. The lowest BCUT2D eigenvalue weighted by molar-refractivity contribution is -0.994. The maximum absolute atomic E-state index is 6.39. The number of halogens is 2. The van der Waals surface area contributed by atoms with E-state index < -0.39 is 0 Å². The molecular weight excluding hydrogens is 514 g/mol. The van der Waals surface area contributed by atoms with E-state index in [0.29, 0.717) is 0 Å². The first kappa shape index (κ1) is 20.6. The summed E-state index contributed by atoms with van der Waals surface area (Å²) in [6.07, 6.45) is 5.79. The molecule has 6 rings (SSSR count). The van der Waals surface area contributed by atoms with Crippen LogP contribution in [-0.4, -0.2) is 61.7 Å². The van der Waals surface area contributed by atoms with Crippen LogP contribution in [0.5, 0.6) is 0 Å². The number of ether oxygens (including phenoxy) is 1. The molecule has 0 aromatic heterocycles. The van der Waals surface area contributed by atoms with Gasteiger partial charge in [-0.3, -0.25) is 4.74 Å². The van der Waals surface area contributed by atoms with Gasteiger partial charge in [0.2, 0.25) is 0 Å². The molecule has 6 heterocycles. The minimum atomic E-state index is 0. The van der Waals surface area contributed by atoms with Crippen molar-refractivity contribution in [3.63, 3.8) is 0 Å². The molecule has 6 aliphatic rings. The fourth-order valence-corrected chi connectivity index (χ4v) is 6.09. The molecule has 23 heavy (non-hydrogen) atoms. The quantitative estimate of drug-likeness (QED) is 0.264. The second-order valence-corrected chi connectivity index (χ2v) is 9.03. The first-order chi connectivity index (χ1) is 10.1. The Balaban J connectivity index is 0.000000960. The van der Waals surface area contributed by atoms with Gasteiger partial charge in [-0.2, -0.15) is 0 Å². The Bertz CT molecular complexity index is 354. The molecule has 136 valence electrons. The Hall–Kier alpha value is 1.34. The van der Waals surface area contributed by atoms with Crippen LogP contribution < -0.4 is 48.0 Å². The largest absolute Gasteiger partial charge is 1.00 e. The number of nitrogens with zero attached hydrogens (tertiary/aromatic N) is 2. The van der Waals surface area contributed by atoms with Gasteiger partial charge in [0.05, 0.1) is 39.3 Å². The van der Waals surface area contributed by atoms with Crippen molar-refractivity contribution in [1.82, 2.24) is 0 Å². The molecule has 0 radical (unpaired) electrons. The highest BCUT2D eigenvalue weighted by atomic mass is 127. The molecule has 0 spiro atoms. The molecule has 0 aromatic carbocycles. The van der Waals surface area contributed by atoms with Crippen molar-refractivity contribution in [2.45, 2.75) is 39.5 Å². The normalized spacial score (nSPS) is 47.7. The van der Waals surface area contributed by atoms with Crippen LogP contribution in [0.4, 0.5) is 0 Å². The molecule has 6 aliphatic heterocycles. The van der Waals surface area contributed by atoms with Crippen LogP contribution in [0.3, 0.4) is 0 Å². The Morgan fingerprint density at radius 2 is 1.04 bits per heavy atom. The highest BCUT2D eigenvalue weighted by molar-refractivity contribution is 4.77. The van der Waals surface area contributed by atoms with E-state index in [-0.39, 0.29) is 48.0 Å². The number of hydrogen-bond donors (Lipinski definition) is 0. The fourth-order valence-electron chi connectivity index (χ4n) is 6.09. The third-order valence-electron chi connectivity index (χ3n) is 7.59. The zero-order valence-electron chi connectivity index (χ0n) is 14.9. The van der Waals surface area contributed by atoms with Crippen molar-refractivity contribution in [2.24, 2.45) is 23.7 Å². The second kappa shape index (κ2) is 7.92. The Morgan fingerprint density at radius 3 is 1.35 bits per heavy atom. The molecule has 4 bridgehead atoms. The van der Waals surface area contributed by atoms with Gasteiger partial charge >= 0.3 is 0 Å². The average Bonchev–Trinajstić information content (AvgIpc) is 2.48. The molecule has 0 amide bonds. The predicted molar refractivity (Wildman–Crippen MR) is 84.3 cm³/mol. The minimum Gasteiger partial charge on any atom is -1.00 e. The lowest BCUT2D eigenvalue weighted by atomic mass is 9.78. The molecule has 6 saturated heterocycles. The van der Waals surface area contributed by atoms with Gasteiger partial charge in [-0.15, -0.1) is 0 Å². The lowest BCUT2D eigenvalue weighted by Crippen LogP contribution is -3.00. The second-order valence-electron chi connectivity index (χ2n) is 9.03. The van der Waals surface area contributed by atoms with Crippen molar-refractivity contribution in [3.05, 3.63) is 0 Å². The van der Waals surface area contributed by atoms with Crippen LogP contribution in [0, 0.1) is 23.7 Å². The van der Waals surface area contributed by atoms with Gasteiger partial charge in [-0.05, 0) is 11.8 Å². The highest BCUT2D eigenvalue weighted by Crippen LogP contribution is 2.39. The maximum atomic E-state index is 6.39. The fraction of sp³-hybridized carbons (Fsp3) is 1.00. The first-order valence-corrected chi connectivity index (χ1v) is 9.38. The topological polar surface area (TPSA) is 9.23 Å². The van der Waals surface area contributed by atoms with Crippen molar-refractivity contribution in [1.29, 1.82) is 0 Å². The number of quaternary nitrogens is 2. The zero-order chi connectivity index (χ0) is 14.5. The summed E-state index contributed by atoms with van der Waals surface area (Å²) in [5.41, 5.74) is 0. The lowest BCUT2D eigenvalue weighted by Gasteiger charge is -2.53. The third-order valence-corrected chi connectivity index (χ3v) is 7.59. The SMILES string of the molecule is CC1C[N+]2(COC[N+]34CCC(CC3)C(C)C4)CCC1CC2.[I-].[I-]. The van der Waals surface area contributed by atoms with Crippen molar-refractivity contribution < 1.29 is 61.7 Å². The molecule has 0 aromatic rings. The van der Waals surface area contributed by atoms with Crippen LogP contribution in [0.2, 0.25) is 0 Å². The zero-order valence-corrected chi connectivity index (χ0v) is 19.2. The summed E-state index contributed by atoms with van der Waals surface area (Å²) in [7, 11) is 0. The molecule has 2 unspecified atom stereocenters. The van der Waals surface area contributed by atoms with Crippen molar-refractivity contribution >= 4 is 0 Å². The van der Waals surface area contributed by atoms with Crippen LogP contribution in [0.1, 0.15) is 39.5 Å². The molecular formula is C18H34I2N2O. The third kappa shape index (κ3) is 4.03. The maximum Gasteiger partial charge on any atom is 0.188 e. The summed E-state index contributed by atoms with van der Waals surface area (Å²) in [4.78, 5) is 0. The standard InChI is InChI=1S/C18H34N2O.2HI/c1-15-11-19(7-3-17(15)4-8-19)13-21-14-20-9-5-18(6-10-20)16(2)12-20;;/h15-18H,3-14H2,1-2H3;2*1H/q+2;;/p-2. The molecule has 3 nitrogen and oxygen atoms in total. The summed E-state index contributed by atoms with van der Waals surface area (Å²) in [5, 5.41) is 0. The van der Waals surface area contributed by atoms with Crippen LogP contribution in [-0.2, 0) is 4.74 Å². The van der Waals surface area contributed by atoms with Gasteiger partial charge in [0.1, 0.15) is 0 Å². The summed E-state index contributed by atoms with van der Waals surface area (Å²) >= 11 is 0. The Labute approximate surface area is 176 Å². The van der Waals surface area contributed by atoms with E-state index in [0.717, 1.165) is 37.1 Å². The number of piperidine rings is 6. The van der Waals surface area contributed by atoms with Gasteiger partial charge in [0.25, 0.3) is 0 Å². The average molecular weight is 548 g/mol. The molecule has 0 N–H and O–H groups in total. The van der Waals surface area contributed by atoms with Gasteiger partial charge in [0, 0.05) is 37.5 Å². The van der Waals surface area contributed by atoms with Crippen molar-refractivity contribution in [2.75, 3.05) is 52.7 Å². The van der Waals surface area contributed by atoms with E-state index >= 15 is 0 Å². The summed E-state index contributed by atoms with van der Waals surface area (Å²) in [6, 6.07) is 0. The molecule has 5 heteroatoms. The monoisotopic (exact) mass is 548 g/mol. The van der Waals surface area contributed by atoms with E-state index in [4.69, 9.17) is 4.74 Å². The summed E-state index contributed by atoms with van der Waals surface area (Å²) in [5.74, 6) is 3.89. The molecule has 0 aliphatic carbocycles. The number of fused-ring (bicyclic) bond motifs is 6. The predicted octanol–water partition coefficient (Wildman–Crippen LogP) is -3.32. The van der Waals surface area contributed by atoms with E-state index in [1.54, 1.807) is 0 Å². The van der Waals surface area contributed by atoms with Gasteiger partial charge in [-0.25, -0.2) is 0 Å². The Kier molecular flexibility index (Phi) is 7.11. The minimum absolute atomic E-state index is 0. The van der Waals surface area contributed by atoms with Crippen LogP contribution in [0.25, 0.3) is 0 Å². The van der Waals surface area contributed by atoms with Gasteiger partial charge < -0.3 is 56.9 Å². The first-order valence-electron chi connectivity index (χ1n) is 9.38. The van der Waals surface area contributed by atoms with Crippen molar-refractivity contribution in [3.8, 4) is 0 Å². The van der Waals surface area contributed by atoms with E-state index in [9.17, 15) is 0 Å². The number of hydrogen-bond acceptors (Lipinski definition) is 1. The highest BCUT2D eigenvalue weighted by Gasteiger charge is 2.46. The smallest absolute Gasteiger partial charge is 0.188 e. The van der Waals surface area contributed by atoms with E-state index in [1.807, 2.05) is 0 Å². The number of rotatable bonds is 4. The Morgan fingerprint density at radius 1 is 0.696 bits per heavy atom. The molecule has 6 fully saturated rings. The van der Waals surface area contributed by atoms with Gasteiger partial charge in [0.15, 0.2) is 13.5 Å². The molecule has 2 atom stereocenters. The summed E-state index contributed by atoms with van der Waals surface area (Å²) < 4.78 is 8.94. The van der Waals surface area contributed by atoms with Crippen LogP contribution >= 0.6 is 0 Å². The van der Waals surface area contributed by atoms with E-state index in [1.165, 1.54) is 73.9 Å².